The lowest BCUT2D eigenvalue weighted by Crippen LogP contribution is -2.20. The topological polar surface area (TPSA) is 67.0 Å². The number of halogens is 1. The molecule has 0 spiro atoms. The number of ether oxygens (including phenoxy) is 1. The van der Waals surface area contributed by atoms with Crippen molar-refractivity contribution in [2.45, 2.75) is 19.8 Å². The second kappa shape index (κ2) is 6.43. The van der Waals surface area contributed by atoms with Crippen molar-refractivity contribution in [1.29, 1.82) is 0 Å². The van der Waals surface area contributed by atoms with Gasteiger partial charge in [0.1, 0.15) is 5.75 Å². The van der Waals surface area contributed by atoms with Gasteiger partial charge in [-0.2, -0.15) is 5.10 Å². The van der Waals surface area contributed by atoms with Crippen LogP contribution >= 0.6 is 11.6 Å². The van der Waals surface area contributed by atoms with Crippen molar-refractivity contribution in [3.05, 3.63) is 41.0 Å². The molecule has 0 fully saturated rings. The summed E-state index contributed by atoms with van der Waals surface area (Å²) in [6.07, 6.45) is 0. The van der Waals surface area contributed by atoms with E-state index in [9.17, 15) is 4.79 Å². The number of amides is 1. The van der Waals surface area contributed by atoms with Crippen LogP contribution in [0.15, 0.2) is 30.3 Å². The molecule has 0 saturated heterocycles. The zero-order valence-electron chi connectivity index (χ0n) is 11.3. The van der Waals surface area contributed by atoms with Crippen molar-refractivity contribution in [2.75, 3.05) is 11.9 Å². The highest BCUT2D eigenvalue weighted by Crippen LogP contribution is 2.17. The molecule has 0 aliphatic rings. The first-order valence-corrected chi connectivity index (χ1v) is 6.66. The fourth-order valence-corrected chi connectivity index (χ4v) is 1.76. The number of hydrogen-bond donors (Lipinski definition) is 2. The van der Waals surface area contributed by atoms with Gasteiger partial charge in [-0.3, -0.25) is 9.89 Å². The third kappa shape index (κ3) is 3.99. The van der Waals surface area contributed by atoms with Crippen LogP contribution < -0.4 is 10.1 Å². The largest absolute Gasteiger partial charge is 0.484 e. The molecule has 106 valence electrons. The quantitative estimate of drug-likeness (QED) is 0.889. The van der Waals surface area contributed by atoms with E-state index in [1.54, 1.807) is 24.3 Å². The molecule has 0 atom stereocenters. The summed E-state index contributed by atoms with van der Waals surface area (Å²) >= 11 is 5.83. The molecule has 0 bridgehead atoms. The molecule has 0 aliphatic heterocycles. The summed E-state index contributed by atoms with van der Waals surface area (Å²) in [6.45, 7) is 3.99. The highest BCUT2D eigenvalue weighted by atomic mass is 35.5. The third-order valence-corrected chi connectivity index (χ3v) is 2.89. The molecule has 20 heavy (non-hydrogen) atoms. The summed E-state index contributed by atoms with van der Waals surface area (Å²) in [6, 6.07) is 8.70. The Morgan fingerprint density at radius 2 is 2.25 bits per heavy atom. The minimum absolute atomic E-state index is 0.0930. The number of hydrogen-bond acceptors (Lipinski definition) is 3. The number of carbonyl (C=O) groups excluding carboxylic acids is 1. The monoisotopic (exact) mass is 293 g/mol. The van der Waals surface area contributed by atoms with Crippen LogP contribution in [0.5, 0.6) is 5.75 Å². The number of aromatic nitrogens is 2. The Bertz CT molecular complexity index is 596. The number of H-pyrrole nitrogens is 1. The molecule has 2 N–H and O–H groups in total. The minimum atomic E-state index is -0.271. The van der Waals surface area contributed by atoms with Gasteiger partial charge in [0, 0.05) is 16.8 Å². The molecule has 0 aliphatic carbocycles. The highest BCUT2D eigenvalue weighted by Gasteiger charge is 2.08. The molecule has 0 radical (unpaired) electrons. The standard InChI is InChI=1S/C14H16ClN3O2/c1-9(2)12-7-13(18-17-12)16-14(19)8-20-11-5-3-4-10(15)6-11/h3-7,9H,8H2,1-2H3,(H2,16,17,18,19). The molecule has 2 rings (SSSR count). The van der Waals surface area contributed by atoms with Crippen molar-refractivity contribution >= 4 is 23.3 Å². The molecular weight excluding hydrogens is 278 g/mol. The molecule has 0 saturated carbocycles. The lowest BCUT2D eigenvalue weighted by atomic mass is 10.1. The van der Waals surface area contributed by atoms with Crippen molar-refractivity contribution in [3.63, 3.8) is 0 Å². The number of rotatable bonds is 5. The van der Waals surface area contributed by atoms with Gasteiger partial charge in [-0.05, 0) is 24.1 Å². The van der Waals surface area contributed by atoms with Gasteiger partial charge in [-0.25, -0.2) is 0 Å². The lowest BCUT2D eigenvalue weighted by molar-refractivity contribution is -0.118. The van der Waals surface area contributed by atoms with E-state index in [2.05, 4.69) is 15.5 Å². The zero-order valence-corrected chi connectivity index (χ0v) is 12.1. The highest BCUT2D eigenvalue weighted by molar-refractivity contribution is 6.30. The maximum Gasteiger partial charge on any atom is 0.263 e. The van der Waals surface area contributed by atoms with Crippen LogP contribution in [0, 0.1) is 0 Å². The molecule has 1 heterocycles. The molecule has 1 aromatic carbocycles. The molecule has 0 unspecified atom stereocenters. The van der Waals surface area contributed by atoms with Crippen molar-refractivity contribution in [2.24, 2.45) is 0 Å². The Balaban J connectivity index is 1.86. The van der Waals surface area contributed by atoms with Gasteiger partial charge in [0.15, 0.2) is 12.4 Å². The van der Waals surface area contributed by atoms with Crippen LogP contribution in [-0.2, 0) is 4.79 Å². The smallest absolute Gasteiger partial charge is 0.263 e. The van der Waals surface area contributed by atoms with Crippen LogP contribution in [0.4, 0.5) is 5.82 Å². The maximum absolute atomic E-state index is 11.7. The van der Waals surface area contributed by atoms with E-state index in [0.717, 1.165) is 5.69 Å². The van der Waals surface area contributed by atoms with Crippen molar-refractivity contribution in [1.82, 2.24) is 10.2 Å². The Morgan fingerprint density at radius 1 is 1.45 bits per heavy atom. The summed E-state index contributed by atoms with van der Waals surface area (Å²) < 4.78 is 5.34. The van der Waals surface area contributed by atoms with Crippen LogP contribution in [0.1, 0.15) is 25.5 Å². The van der Waals surface area contributed by atoms with Crippen LogP contribution in [-0.4, -0.2) is 22.7 Å². The first-order valence-electron chi connectivity index (χ1n) is 6.28. The predicted molar refractivity (Wildman–Crippen MR) is 78.3 cm³/mol. The number of benzene rings is 1. The van der Waals surface area contributed by atoms with Gasteiger partial charge >= 0.3 is 0 Å². The van der Waals surface area contributed by atoms with E-state index in [1.807, 2.05) is 19.9 Å². The van der Waals surface area contributed by atoms with Crippen molar-refractivity contribution in [3.8, 4) is 5.75 Å². The molecular formula is C14H16ClN3O2. The van der Waals surface area contributed by atoms with E-state index in [1.165, 1.54) is 0 Å². The van der Waals surface area contributed by atoms with E-state index < -0.39 is 0 Å². The van der Waals surface area contributed by atoms with Crippen LogP contribution in [0.25, 0.3) is 0 Å². The molecule has 6 heteroatoms. The Labute approximate surface area is 122 Å². The number of nitrogens with one attached hydrogen (secondary N) is 2. The zero-order chi connectivity index (χ0) is 14.5. The summed E-state index contributed by atoms with van der Waals surface area (Å²) in [5.41, 5.74) is 0.969. The second-order valence-corrected chi connectivity index (χ2v) is 5.09. The number of carbonyl (C=O) groups is 1. The molecule has 2 aromatic rings. The summed E-state index contributed by atoms with van der Waals surface area (Å²) in [4.78, 5) is 11.7. The average molecular weight is 294 g/mol. The Hall–Kier alpha value is -2.01. The van der Waals surface area contributed by atoms with Gasteiger partial charge < -0.3 is 10.1 Å². The Kier molecular flexibility index (Phi) is 4.63. The van der Waals surface area contributed by atoms with Gasteiger partial charge in [0.25, 0.3) is 5.91 Å². The van der Waals surface area contributed by atoms with Crippen molar-refractivity contribution < 1.29 is 9.53 Å². The fraction of sp³-hybridized carbons (Fsp3) is 0.286. The normalized spacial score (nSPS) is 10.6. The first kappa shape index (κ1) is 14.4. The average Bonchev–Trinajstić information content (AvgIpc) is 2.85. The van der Waals surface area contributed by atoms with Gasteiger partial charge in [-0.1, -0.05) is 31.5 Å². The SMILES string of the molecule is CC(C)c1cc(NC(=O)COc2cccc(Cl)c2)n[nH]1. The van der Waals surface area contributed by atoms with E-state index in [0.29, 0.717) is 22.5 Å². The van der Waals surface area contributed by atoms with Gasteiger partial charge in [-0.15, -0.1) is 0 Å². The van der Waals surface area contributed by atoms with Crippen LogP contribution in [0.3, 0.4) is 0 Å². The molecule has 5 nitrogen and oxygen atoms in total. The summed E-state index contributed by atoms with van der Waals surface area (Å²) in [5.74, 6) is 1.11. The maximum atomic E-state index is 11.7. The summed E-state index contributed by atoms with van der Waals surface area (Å²) in [7, 11) is 0. The summed E-state index contributed by atoms with van der Waals surface area (Å²) in [5, 5.41) is 10.1. The van der Waals surface area contributed by atoms with Gasteiger partial charge in [0.05, 0.1) is 0 Å². The number of aromatic amines is 1. The van der Waals surface area contributed by atoms with E-state index in [-0.39, 0.29) is 12.5 Å². The molecule has 1 aromatic heterocycles. The Morgan fingerprint density at radius 3 is 2.90 bits per heavy atom. The van der Waals surface area contributed by atoms with E-state index >= 15 is 0 Å². The first-order chi connectivity index (χ1) is 9.54. The third-order valence-electron chi connectivity index (χ3n) is 2.65. The lowest BCUT2D eigenvalue weighted by Gasteiger charge is -2.05. The minimum Gasteiger partial charge on any atom is -0.484 e. The second-order valence-electron chi connectivity index (χ2n) is 4.66. The van der Waals surface area contributed by atoms with Crippen LogP contribution in [0.2, 0.25) is 5.02 Å². The predicted octanol–water partition coefficient (Wildman–Crippen LogP) is 3.20. The fourth-order valence-electron chi connectivity index (χ4n) is 1.58. The number of nitrogens with zero attached hydrogens (tertiary/aromatic N) is 1. The number of anilines is 1. The van der Waals surface area contributed by atoms with Gasteiger partial charge in [0.2, 0.25) is 0 Å². The van der Waals surface area contributed by atoms with E-state index in [4.69, 9.17) is 16.3 Å². The molecule has 1 amide bonds.